The molecule has 44 heavy (non-hydrogen) atoms. The molecule has 4 rings (SSSR count). The van der Waals surface area contributed by atoms with E-state index in [2.05, 4.69) is 65.2 Å². The number of rotatable bonds is 9. The highest BCUT2D eigenvalue weighted by atomic mass is 16.5. The third kappa shape index (κ3) is 7.04. The Kier molecular flexibility index (Phi) is 9.45. The maximum absolute atomic E-state index is 12.5. The van der Waals surface area contributed by atoms with E-state index in [-0.39, 0.29) is 25.2 Å². The Morgan fingerprint density at radius 1 is 0.568 bits per heavy atom. The van der Waals surface area contributed by atoms with Crippen LogP contribution in [0.4, 0.5) is 0 Å². The molecule has 0 aromatic heterocycles. The first-order valence-electron chi connectivity index (χ1n) is 15.8. The number of aliphatic hydroxyl groups is 2. The van der Waals surface area contributed by atoms with Crippen molar-refractivity contribution in [2.75, 3.05) is 26.3 Å². The lowest BCUT2D eigenvalue weighted by Gasteiger charge is -2.66. The van der Waals surface area contributed by atoms with Crippen molar-refractivity contribution in [1.82, 2.24) is 9.80 Å². The Hall–Kier alpha value is -2.78. The minimum Gasteiger partial charge on any atom is -0.461 e. The predicted octanol–water partition coefficient (Wildman–Crippen LogP) is 5.47. The summed E-state index contributed by atoms with van der Waals surface area (Å²) in [5, 5.41) is 25.0. The van der Waals surface area contributed by atoms with Crippen LogP contribution < -0.4 is 0 Å². The van der Waals surface area contributed by atoms with Crippen LogP contribution in [0.25, 0.3) is 0 Å². The average molecular weight is 609 g/mol. The number of likely N-dealkylation sites (tertiary alicyclic amines) is 2. The number of hydrogen-bond donors (Lipinski definition) is 2. The lowest BCUT2D eigenvalue weighted by Crippen LogP contribution is -2.76. The smallest absolute Gasteiger partial charge is 0.338 e. The standard InChI is InChI=1S/C36H52N2O6/c1-31(2)23-35(41,24-32(3,4)37(31)19-21-43-29(39)27-15-11-9-12-16-27)36(42)25-33(5,6)38(34(7,8)26-36)20-22-44-30(40)28-17-13-10-14-18-28/h9-18,41-42H,19-26H2,1-8H3. The number of carbonyl (C=O) groups is 2. The molecule has 0 amide bonds. The van der Waals surface area contributed by atoms with Gasteiger partial charge in [-0.2, -0.15) is 0 Å². The molecule has 0 radical (unpaired) electrons. The third-order valence-corrected chi connectivity index (χ3v) is 9.80. The second-order valence-corrected chi connectivity index (χ2v) is 15.3. The van der Waals surface area contributed by atoms with Crippen LogP contribution in [0.1, 0.15) is 102 Å². The monoisotopic (exact) mass is 608 g/mol. The molecule has 0 saturated carbocycles. The van der Waals surface area contributed by atoms with Crippen LogP contribution in [0.5, 0.6) is 0 Å². The SMILES string of the molecule is CC1(C)CC(O)(C2(O)CC(C)(C)N(CCOC(=O)c3ccccc3)C(C)(C)C2)CC(C)(C)N1CCOC(=O)c1ccccc1. The molecule has 2 heterocycles. The molecule has 2 aliphatic rings. The van der Waals surface area contributed by atoms with Gasteiger partial charge in [0.1, 0.15) is 13.2 Å². The van der Waals surface area contributed by atoms with Crippen molar-refractivity contribution in [2.45, 2.75) is 114 Å². The van der Waals surface area contributed by atoms with Crippen LogP contribution in [0.15, 0.2) is 60.7 Å². The van der Waals surface area contributed by atoms with E-state index in [0.29, 0.717) is 49.9 Å². The molecule has 8 heteroatoms. The van der Waals surface area contributed by atoms with Crippen molar-refractivity contribution in [2.24, 2.45) is 0 Å². The summed E-state index contributed by atoms with van der Waals surface area (Å²) in [6, 6.07) is 17.9. The molecule has 2 saturated heterocycles. The van der Waals surface area contributed by atoms with Crippen molar-refractivity contribution in [3.05, 3.63) is 71.8 Å². The molecule has 2 aliphatic heterocycles. The summed E-state index contributed by atoms with van der Waals surface area (Å²) < 4.78 is 11.2. The van der Waals surface area contributed by atoms with Gasteiger partial charge >= 0.3 is 11.9 Å². The fourth-order valence-corrected chi connectivity index (χ4v) is 8.65. The molecule has 0 bridgehead atoms. The minimum atomic E-state index is -1.35. The summed E-state index contributed by atoms with van der Waals surface area (Å²) in [6.45, 7) is 18.2. The molecule has 2 fully saturated rings. The van der Waals surface area contributed by atoms with Gasteiger partial charge in [-0.1, -0.05) is 36.4 Å². The lowest BCUT2D eigenvalue weighted by atomic mass is 9.57. The summed E-state index contributed by atoms with van der Waals surface area (Å²) >= 11 is 0. The molecular weight excluding hydrogens is 556 g/mol. The maximum Gasteiger partial charge on any atom is 0.338 e. The number of nitrogens with zero attached hydrogens (tertiary/aromatic N) is 2. The van der Waals surface area contributed by atoms with E-state index in [4.69, 9.17) is 9.47 Å². The molecular formula is C36H52N2O6. The lowest BCUT2D eigenvalue weighted by molar-refractivity contribution is -0.263. The third-order valence-electron chi connectivity index (χ3n) is 9.80. The fourth-order valence-electron chi connectivity index (χ4n) is 8.65. The zero-order chi connectivity index (χ0) is 32.6. The topological polar surface area (TPSA) is 99.5 Å². The number of carbonyl (C=O) groups excluding carboxylic acids is 2. The number of esters is 2. The summed E-state index contributed by atoms with van der Waals surface area (Å²) in [6.07, 6.45) is 1.47. The molecule has 0 atom stereocenters. The van der Waals surface area contributed by atoms with Crippen LogP contribution in [0, 0.1) is 0 Å². The van der Waals surface area contributed by atoms with Gasteiger partial charge in [-0.15, -0.1) is 0 Å². The van der Waals surface area contributed by atoms with Crippen LogP contribution in [0.3, 0.4) is 0 Å². The highest BCUT2D eigenvalue weighted by Crippen LogP contribution is 2.55. The molecule has 2 aromatic rings. The van der Waals surface area contributed by atoms with Gasteiger partial charge in [-0.3, -0.25) is 9.80 Å². The van der Waals surface area contributed by atoms with Gasteiger partial charge in [0.15, 0.2) is 0 Å². The summed E-state index contributed by atoms with van der Waals surface area (Å²) in [5.41, 5.74) is -3.59. The summed E-state index contributed by atoms with van der Waals surface area (Å²) in [5.74, 6) is -0.704. The molecule has 0 aliphatic carbocycles. The largest absolute Gasteiger partial charge is 0.461 e. The van der Waals surface area contributed by atoms with Gasteiger partial charge < -0.3 is 19.7 Å². The van der Waals surface area contributed by atoms with Crippen molar-refractivity contribution >= 4 is 11.9 Å². The number of piperidine rings is 2. The van der Waals surface area contributed by atoms with Crippen molar-refractivity contribution in [3.8, 4) is 0 Å². The first-order valence-corrected chi connectivity index (χ1v) is 15.8. The van der Waals surface area contributed by atoms with E-state index in [1.807, 2.05) is 36.4 Å². The second-order valence-electron chi connectivity index (χ2n) is 15.3. The normalized spacial score (nSPS) is 23.4. The van der Waals surface area contributed by atoms with Gasteiger partial charge in [0.05, 0.1) is 22.3 Å². The van der Waals surface area contributed by atoms with Crippen molar-refractivity contribution in [3.63, 3.8) is 0 Å². The Morgan fingerprint density at radius 3 is 1.11 bits per heavy atom. The van der Waals surface area contributed by atoms with Crippen LogP contribution in [-0.2, 0) is 9.47 Å². The maximum atomic E-state index is 12.5. The average Bonchev–Trinajstić information content (AvgIpc) is 2.91. The molecule has 2 aromatic carbocycles. The number of hydrogen-bond acceptors (Lipinski definition) is 8. The highest BCUT2D eigenvalue weighted by molar-refractivity contribution is 5.89. The summed E-state index contributed by atoms with van der Waals surface area (Å²) in [7, 11) is 0. The van der Waals surface area contributed by atoms with E-state index in [1.165, 1.54) is 0 Å². The number of benzene rings is 2. The van der Waals surface area contributed by atoms with Crippen LogP contribution in [0.2, 0.25) is 0 Å². The van der Waals surface area contributed by atoms with Gasteiger partial charge in [0.25, 0.3) is 0 Å². The molecule has 8 nitrogen and oxygen atoms in total. The second kappa shape index (κ2) is 12.2. The molecule has 0 unspecified atom stereocenters. The van der Waals surface area contributed by atoms with E-state index < -0.39 is 33.4 Å². The van der Waals surface area contributed by atoms with Crippen molar-refractivity contribution in [1.29, 1.82) is 0 Å². The van der Waals surface area contributed by atoms with Gasteiger partial charge in [-0.05, 0) is 105 Å². The first-order chi connectivity index (χ1) is 20.3. The Labute approximate surface area is 263 Å². The van der Waals surface area contributed by atoms with Crippen LogP contribution >= 0.6 is 0 Å². The van der Waals surface area contributed by atoms with Gasteiger partial charge in [0.2, 0.25) is 0 Å². The zero-order valence-electron chi connectivity index (χ0n) is 27.9. The Balaban J connectivity index is 1.45. The predicted molar refractivity (Wildman–Crippen MR) is 172 cm³/mol. The zero-order valence-corrected chi connectivity index (χ0v) is 27.9. The molecule has 0 spiro atoms. The number of ether oxygens (including phenoxy) is 2. The molecule has 242 valence electrons. The minimum absolute atomic E-state index is 0.229. The Morgan fingerprint density at radius 2 is 0.841 bits per heavy atom. The molecule has 2 N–H and O–H groups in total. The van der Waals surface area contributed by atoms with E-state index in [9.17, 15) is 19.8 Å². The van der Waals surface area contributed by atoms with E-state index in [1.54, 1.807) is 24.3 Å². The quantitative estimate of drug-likeness (QED) is 0.362. The first kappa shape index (κ1) is 34.1. The van der Waals surface area contributed by atoms with Crippen LogP contribution in [-0.4, -0.2) is 91.6 Å². The van der Waals surface area contributed by atoms with Gasteiger partial charge in [0, 0.05) is 35.2 Å². The highest BCUT2D eigenvalue weighted by Gasteiger charge is 2.64. The van der Waals surface area contributed by atoms with E-state index >= 15 is 0 Å². The van der Waals surface area contributed by atoms with Crippen molar-refractivity contribution < 1.29 is 29.3 Å². The van der Waals surface area contributed by atoms with E-state index in [0.717, 1.165) is 0 Å². The van der Waals surface area contributed by atoms with Gasteiger partial charge in [-0.25, -0.2) is 9.59 Å². The summed E-state index contributed by atoms with van der Waals surface area (Å²) in [4.78, 5) is 29.7. The Bertz CT molecular complexity index is 1170. The fraction of sp³-hybridized carbons (Fsp3) is 0.611.